The zero-order valence-corrected chi connectivity index (χ0v) is 13.6. The van der Waals surface area contributed by atoms with Gasteiger partial charge >= 0.3 is 0 Å². The van der Waals surface area contributed by atoms with Crippen molar-refractivity contribution in [1.82, 2.24) is 14.4 Å². The van der Waals surface area contributed by atoms with Gasteiger partial charge in [0.05, 0.1) is 22.1 Å². The summed E-state index contributed by atoms with van der Waals surface area (Å²) >= 11 is 0. The number of pyridine rings is 2. The first-order valence-electron chi connectivity index (χ1n) is 8.63. The maximum absolute atomic E-state index is 8.61. The Balaban J connectivity index is 2.20. The molecule has 0 spiro atoms. The van der Waals surface area contributed by atoms with Crippen LogP contribution in [0.3, 0.4) is 0 Å². The fraction of sp³-hybridized carbons (Fsp3) is 0.143. The predicted octanol–water partition coefficient (Wildman–Crippen LogP) is 5.31. The van der Waals surface area contributed by atoms with Crippen molar-refractivity contribution in [2.24, 2.45) is 0 Å². The van der Waals surface area contributed by atoms with E-state index in [1.165, 1.54) is 0 Å². The lowest BCUT2D eigenvalue weighted by Gasteiger charge is -2.13. The Morgan fingerprint density at radius 2 is 1.71 bits per heavy atom. The van der Waals surface area contributed by atoms with Gasteiger partial charge in [-0.1, -0.05) is 44.2 Å². The second-order valence-corrected chi connectivity index (χ2v) is 6.36. The van der Waals surface area contributed by atoms with Crippen molar-refractivity contribution in [3.05, 3.63) is 66.4 Å². The van der Waals surface area contributed by atoms with Gasteiger partial charge in [0.2, 0.25) is 0 Å². The smallest absolute Gasteiger partial charge is 0.148 e. The van der Waals surface area contributed by atoms with Crippen molar-refractivity contribution in [2.75, 3.05) is 0 Å². The van der Waals surface area contributed by atoms with Gasteiger partial charge in [-0.3, -0.25) is 9.38 Å². The van der Waals surface area contributed by atoms with Crippen molar-refractivity contribution >= 4 is 38.5 Å². The van der Waals surface area contributed by atoms with Crippen molar-refractivity contribution in [3.8, 4) is 0 Å². The van der Waals surface area contributed by atoms with Crippen molar-refractivity contribution in [2.45, 2.75) is 19.7 Å². The summed E-state index contributed by atoms with van der Waals surface area (Å²) in [4.78, 5) is 9.57. The first-order chi connectivity index (χ1) is 12.1. The molecule has 0 unspecified atom stereocenters. The van der Waals surface area contributed by atoms with Crippen LogP contribution in [0.1, 0.15) is 26.7 Å². The molecule has 3 aromatic heterocycles. The average molecular weight is 312 g/mol. The van der Waals surface area contributed by atoms with Gasteiger partial charge < -0.3 is 0 Å². The molecule has 3 heteroatoms. The van der Waals surface area contributed by atoms with Crippen LogP contribution in [-0.2, 0) is 0 Å². The van der Waals surface area contributed by atoms with Crippen LogP contribution in [-0.4, -0.2) is 14.4 Å². The molecule has 0 bridgehead atoms. The standard InChI is InChI=1S/C21H17N3/c1-13(2)14-11-12-22-20-15-7-3-5-9-17(15)24-18-10-6-4-8-16(18)23-21(24)19(14)20/h3-13H,1-2H3/i13D. The van der Waals surface area contributed by atoms with Crippen LogP contribution in [0.15, 0.2) is 60.8 Å². The van der Waals surface area contributed by atoms with Crippen LogP contribution >= 0.6 is 0 Å². The summed E-state index contributed by atoms with van der Waals surface area (Å²) in [6.07, 6.45) is 1.81. The number of benzene rings is 2. The summed E-state index contributed by atoms with van der Waals surface area (Å²) in [6, 6.07) is 18.4. The van der Waals surface area contributed by atoms with Crippen LogP contribution in [0.25, 0.3) is 38.5 Å². The molecule has 0 fully saturated rings. The number of fused-ring (bicyclic) bond motifs is 8. The summed E-state index contributed by atoms with van der Waals surface area (Å²) in [7, 11) is 0. The molecular weight excluding hydrogens is 294 g/mol. The van der Waals surface area contributed by atoms with E-state index in [2.05, 4.69) is 27.6 Å². The summed E-state index contributed by atoms with van der Waals surface area (Å²) in [6.45, 7) is 3.83. The second kappa shape index (κ2) is 4.78. The highest BCUT2D eigenvalue weighted by Crippen LogP contribution is 2.34. The van der Waals surface area contributed by atoms with Gasteiger partial charge in [0.15, 0.2) is 0 Å². The Morgan fingerprint density at radius 3 is 2.54 bits per heavy atom. The van der Waals surface area contributed by atoms with E-state index in [0.29, 0.717) is 0 Å². The van der Waals surface area contributed by atoms with Gasteiger partial charge in [0, 0.05) is 18.3 Å². The molecule has 0 atom stereocenters. The van der Waals surface area contributed by atoms with Gasteiger partial charge in [0.25, 0.3) is 0 Å². The molecule has 24 heavy (non-hydrogen) atoms. The number of aromatic nitrogens is 3. The van der Waals surface area contributed by atoms with Gasteiger partial charge in [-0.25, -0.2) is 4.98 Å². The van der Waals surface area contributed by atoms with E-state index in [4.69, 9.17) is 6.35 Å². The van der Waals surface area contributed by atoms with E-state index in [1.54, 1.807) is 6.20 Å². The normalized spacial score (nSPS) is 13.2. The average Bonchev–Trinajstić information content (AvgIpc) is 3.00. The number of hydrogen-bond donors (Lipinski definition) is 0. The maximum atomic E-state index is 8.61. The molecule has 0 saturated carbocycles. The monoisotopic (exact) mass is 312 g/mol. The maximum Gasteiger partial charge on any atom is 0.148 e. The minimum atomic E-state index is -0.734. The quantitative estimate of drug-likeness (QED) is 0.392. The van der Waals surface area contributed by atoms with Crippen molar-refractivity contribution in [3.63, 3.8) is 0 Å². The Bertz CT molecular complexity index is 1280. The van der Waals surface area contributed by atoms with Crippen LogP contribution in [0, 0.1) is 0 Å². The highest BCUT2D eigenvalue weighted by Gasteiger charge is 2.17. The summed E-state index contributed by atoms with van der Waals surface area (Å²) < 4.78 is 10.8. The third-order valence-electron chi connectivity index (χ3n) is 4.67. The van der Waals surface area contributed by atoms with Crippen molar-refractivity contribution in [1.29, 1.82) is 0 Å². The fourth-order valence-electron chi connectivity index (χ4n) is 3.62. The second-order valence-electron chi connectivity index (χ2n) is 6.36. The minimum absolute atomic E-state index is 0.734. The number of rotatable bonds is 1. The third kappa shape index (κ3) is 1.67. The van der Waals surface area contributed by atoms with Crippen LogP contribution < -0.4 is 0 Å². The van der Waals surface area contributed by atoms with Gasteiger partial charge in [-0.2, -0.15) is 0 Å². The van der Waals surface area contributed by atoms with Gasteiger partial charge in [0.1, 0.15) is 5.65 Å². The lowest BCUT2D eigenvalue weighted by atomic mass is 9.98. The third-order valence-corrected chi connectivity index (χ3v) is 4.67. The highest BCUT2D eigenvalue weighted by atomic mass is 15.0. The topological polar surface area (TPSA) is 30.2 Å². The molecule has 116 valence electrons. The SMILES string of the molecule is [2H]C(C)(C)c1ccnc2c3ccccc3n3c4ccccc4nc3c12. The van der Waals surface area contributed by atoms with Crippen LogP contribution in [0.2, 0.25) is 0 Å². The molecule has 0 N–H and O–H groups in total. The van der Waals surface area contributed by atoms with E-state index < -0.39 is 5.89 Å². The number of imidazole rings is 1. The van der Waals surface area contributed by atoms with Gasteiger partial charge in [-0.15, -0.1) is 0 Å². The van der Waals surface area contributed by atoms with E-state index in [1.807, 2.05) is 50.2 Å². The zero-order chi connectivity index (χ0) is 17.2. The number of hydrogen-bond acceptors (Lipinski definition) is 2. The van der Waals surface area contributed by atoms with Gasteiger partial charge in [-0.05, 0) is 35.7 Å². The van der Waals surface area contributed by atoms with E-state index in [9.17, 15) is 0 Å². The van der Waals surface area contributed by atoms with Crippen molar-refractivity contribution < 1.29 is 1.37 Å². The first-order valence-corrected chi connectivity index (χ1v) is 8.13. The zero-order valence-electron chi connectivity index (χ0n) is 14.6. The van der Waals surface area contributed by atoms with Crippen LogP contribution in [0.4, 0.5) is 0 Å². The number of nitrogens with zero attached hydrogens (tertiary/aromatic N) is 3. The first kappa shape index (κ1) is 12.5. The number of para-hydroxylation sites is 3. The summed E-state index contributed by atoms with van der Waals surface area (Å²) in [5.41, 5.74) is 5.86. The molecule has 0 radical (unpaired) electrons. The minimum Gasteiger partial charge on any atom is -0.292 e. The summed E-state index contributed by atoms with van der Waals surface area (Å²) in [5, 5.41) is 2.05. The fourth-order valence-corrected chi connectivity index (χ4v) is 3.62. The van der Waals surface area contributed by atoms with E-state index >= 15 is 0 Å². The Morgan fingerprint density at radius 1 is 0.958 bits per heavy atom. The van der Waals surface area contributed by atoms with Crippen LogP contribution in [0.5, 0.6) is 0 Å². The van der Waals surface area contributed by atoms with E-state index in [0.717, 1.165) is 44.0 Å². The molecule has 3 nitrogen and oxygen atoms in total. The predicted molar refractivity (Wildman–Crippen MR) is 99.6 cm³/mol. The molecule has 0 aliphatic heterocycles. The van der Waals surface area contributed by atoms with E-state index in [-0.39, 0.29) is 0 Å². The highest BCUT2D eigenvalue weighted by molar-refractivity contribution is 6.13. The Hall–Kier alpha value is -2.94. The molecule has 5 rings (SSSR count). The lowest BCUT2D eigenvalue weighted by molar-refractivity contribution is 0.874. The lowest BCUT2D eigenvalue weighted by Crippen LogP contribution is -1.97. The molecule has 0 saturated heterocycles. The molecule has 0 amide bonds. The molecule has 2 aromatic carbocycles. The molecular formula is C21H17N3. The molecule has 0 aliphatic carbocycles. The Kier molecular flexibility index (Phi) is 2.48. The summed E-state index contributed by atoms with van der Waals surface area (Å²) in [5.74, 6) is -0.734. The Labute approximate surface area is 141 Å². The molecule has 3 heterocycles. The largest absolute Gasteiger partial charge is 0.292 e. The molecule has 5 aromatic rings. The molecule has 0 aliphatic rings.